The maximum atomic E-state index is 11.9. The predicted octanol–water partition coefficient (Wildman–Crippen LogP) is 4.37. The first-order chi connectivity index (χ1) is 10.8. The van der Waals surface area contributed by atoms with Crippen molar-refractivity contribution in [3.05, 3.63) is 34.4 Å². The minimum Gasteiger partial charge on any atom is -0.459 e. The molecule has 23 heavy (non-hydrogen) atoms. The molecule has 0 heterocycles. The molecule has 6 nitrogen and oxygen atoms in total. The average molecular weight is 384 g/mol. The lowest BCUT2D eigenvalue weighted by molar-refractivity contribution is -0.386. The van der Waals surface area contributed by atoms with E-state index in [2.05, 4.69) is 5.32 Å². The summed E-state index contributed by atoms with van der Waals surface area (Å²) in [6, 6.07) is 5.65. The highest BCUT2D eigenvalue weighted by Crippen LogP contribution is 2.34. The summed E-state index contributed by atoms with van der Waals surface area (Å²) in [5.41, 5.74) is -0.285. The van der Waals surface area contributed by atoms with Gasteiger partial charge in [0, 0.05) is 12.5 Å². The third-order valence-electron chi connectivity index (χ3n) is 2.90. The van der Waals surface area contributed by atoms with Crippen molar-refractivity contribution < 1.29 is 14.5 Å². The maximum Gasteiger partial charge on any atom is 0.311 e. The number of nitrogens with one attached hydrogen (secondary N) is 1. The molecule has 0 radical (unpaired) electrons. The lowest BCUT2D eigenvalue weighted by Crippen LogP contribution is -2.47. The highest BCUT2D eigenvalue weighted by atomic mass is 35.6. The lowest BCUT2D eigenvalue weighted by Gasteiger charge is -2.26. The molecule has 1 N–H and O–H groups in total. The molecular weight excluding hydrogens is 367 g/mol. The summed E-state index contributed by atoms with van der Waals surface area (Å²) in [7, 11) is 0. The zero-order valence-corrected chi connectivity index (χ0v) is 14.7. The minimum atomic E-state index is -1.98. The number of ether oxygens (including phenoxy) is 1. The van der Waals surface area contributed by atoms with Crippen LogP contribution in [0.4, 0.5) is 5.69 Å². The van der Waals surface area contributed by atoms with E-state index in [1.54, 1.807) is 6.07 Å². The number of rotatable bonds is 8. The topological polar surface area (TPSA) is 81.5 Å². The summed E-state index contributed by atoms with van der Waals surface area (Å²) in [6.45, 7) is 2.01. The molecule has 0 aliphatic carbocycles. The highest BCUT2D eigenvalue weighted by Gasteiger charge is 2.37. The van der Waals surface area contributed by atoms with E-state index in [0.717, 1.165) is 12.8 Å². The highest BCUT2D eigenvalue weighted by molar-refractivity contribution is 6.68. The van der Waals surface area contributed by atoms with Crippen molar-refractivity contribution in [3.63, 3.8) is 0 Å². The fraction of sp³-hybridized carbons (Fsp3) is 0.500. The van der Waals surface area contributed by atoms with E-state index in [9.17, 15) is 14.9 Å². The number of hydrogen-bond donors (Lipinski definition) is 1. The van der Waals surface area contributed by atoms with E-state index >= 15 is 0 Å². The van der Waals surface area contributed by atoms with Crippen molar-refractivity contribution in [3.8, 4) is 5.75 Å². The molecule has 0 saturated carbocycles. The number of para-hydroxylation sites is 2. The Kier molecular flexibility index (Phi) is 7.88. The summed E-state index contributed by atoms with van der Waals surface area (Å²) in [6.07, 6.45) is 1.47. The molecular formula is C14H17Cl3N2O4. The van der Waals surface area contributed by atoms with Gasteiger partial charge in [-0.05, 0) is 12.5 Å². The summed E-state index contributed by atoms with van der Waals surface area (Å²) in [5, 5.41) is 13.4. The van der Waals surface area contributed by atoms with Crippen molar-refractivity contribution >= 4 is 46.4 Å². The molecule has 0 saturated heterocycles. The number of unbranched alkanes of at least 4 members (excludes halogenated alkanes) is 2. The van der Waals surface area contributed by atoms with E-state index in [1.807, 2.05) is 6.92 Å². The second kappa shape index (κ2) is 9.15. The fourth-order valence-corrected chi connectivity index (χ4v) is 2.06. The first kappa shape index (κ1) is 19.8. The summed E-state index contributed by atoms with van der Waals surface area (Å²) >= 11 is 17.4. The Labute approximate surface area is 149 Å². The van der Waals surface area contributed by atoms with Gasteiger partial charge in [-0.1, -0.05) is 66.7 Å². The molecule has 9 heteroatoms. The Bertz CT molecular complexity index is 549. The van der Waals surface area contributed by atoms with Gasteiger partial charge in [-0.3, -0.25) is 14.9 Å². The largest absolute Gasteiger partial charge is 0.459 e. The molecule has 0 aliphatic heterocycles. The Morgan fingerprint density at radius 1 is 1.35 bits per heavy atom. The lowest BCUT2D eigenvalue weighted by atomic mass is 10.2. The van der Waals surface area contributed by atoms with Crippen LogP contribution in [0.15, 0.2) is 24.3 Å². The average Bonchev–Trinajstić information content (AvgIpc) is 2.46. The van der Waals surface area contributed by atoms with Gasteiger partial charge in [0.25, 0.3) is 0 Å². The van der Waals surface area contributed by atoms with Gasteiger partial charge in [-0.2, -0.15) is 0 Å². The van der Waals surface area contributed by atoms with Crippen molar-refractivity contribution in [2.24, 2.45) is 0 Å². The molecule has 0 fully saturated rings. The number of hydrogen-bond acceptors (Lipinski definition) is 4. The number of halogens is 3. The number of amides is 1. The van der Waals surface area contributed by atoms with Gasteiger partial charge in [-0.15, -0.1) is 0 Å². The minimum absolute atomic E-state index is 0.0947. The van der Waals surface area contributed by atoms with Crippen molar-refractivity contribution in [1.29, 1.82) is 0 Å². The van der Waals surface area contributed by atoms with E-state index < -0.39 is 14.9 Å². The molecule has 0 unspecified atom stereocenters. The quantitative estimate of drug-likeness (QED) is 0.238. The molecule has 1 atom stereocenters. The number of nitro groups is 1. The van der Waals surface area contributed by atoms with Crippen LogP contribution in [0.2, 0.25) is 0 Å². The van der Waals surface area contributed by atoms with Crippen molar-refractivity contribution in [2.75, 3.05) is 0 Å². The van der Waals surface area contributed by atoms with Gasteiger partial charge in [0.2, 0.25) is 15.9 Å². The van der Waals surface area contributed by atoms with E-state index in [4.69, 9.17) is 39.5 Å². The maximum absolute atomic E-state index is 11.9. The van der Waals surface area contributed by atoms with Gasteiger partial charge < -0.3 is 10.1 Å². The molecule has 128 valence electrons. The molecule has 1 rings (SSSR count). The number of nitrogens with zero attached hydrogens (tertiary/aromatic N) is 1. The smallest absolute Gasteiger partial charge is 0.311 e. The van der Waals surface area contributed by atoms with Crippen LogP contribution in [-0.2, 0) is 4.79 Å². The monoisotopic (exact) mass is 382 g/mol. The van der Waals surface area contributed by atoms with Crippen LogP contribution in [0.5, 0.6) is 5.75 Å². The van der Waals surface area contributed by atoms with Crippen LogP contribution in [0.1, 0.15) is 32.6 Å². The van der Waals surface area contributed by atoms with E-state index in [0.29, 0.717) is 6.42 Å². The summed E-state index contributed by atoms with van der Waals surface area (Å²) < 4.78 is 3.40. The van der Waals surface area contributed by atoms with E-state index in [1.165, 1.54) is 18.2 Å². The SMILES string of the molecule is CCCCCC(=O)N[C@@H](Oc1ccccc1[N+](=O)[O-])C(Cl)(Cl)Cl. The molecule has 0 bridgehead atoms. The molecule has 1 amide bonds. The first-order valence-corrected chi connectivity index (χ1v) is 8.15. The Morgan fingerprint density at radius 2 is 2.00 bits per heavy atom. The van der Waals surface area contributed by atoms with Crippen molar-refractivity contribution in [1.82, 2.24) is 5.32 Å². The van der Waals surface area contributed by atoms with Crippen LogP contribution in [0.3, 0.4) is 0 Å². The third kappa shape index (κ3) is 6.81. The number of nitro benzene ring substituents is 1. The molecule has 1 aromatic rings. The summed E-state index contributed by atoms with van der Waals surface area (Å²) in [4.78, 5) is 22.3. The standard InChI is InChI=1S/C14H17Cl3N2O4/c1-2-3-4-9-12(20)18-13(14(15,16)17)23-11-8-6-5-7-10(11)19(21)22/h5-8,13H,2-4,9H2,1H3,(H,18,20)/t13-/m0/s1. The van der Waals surface area contributed by atoms with Crippen LogP contribution >= 0.6 is 34.8 Å². The predicted molar refractivity (Wildman–Crippen MR) is 90.1 cm³/mol. The Balaban J connectivity index is 2.84. The zero-order valence-electron chi connectivity index (χ0n) is 12.4. The molecule has 0 aliphatic rings. The van der Waals surface area contributed by atoms with Gasteiger partial charge in [0.1, 0.15) is 0 Å². The van der Waals surface area contributed by atoms with Gasteiger partial charge in [0.05, 0.1) is 4.92 Å². The van der Waals surface area contributed by atoms with Crippen LogP contribution in [0, 0.1) is 10.1 Å². The molecule has 0 aromatic heterocycles. The number of carbonyl (C=O) groups is 1. The van der Waals surface area contributed by atoms with Crippen LogP contribution < -0.4 is 10.1 Å². The number of carbonyl (C=O) groups excluding carboxylic acids is 1. The van der Waals surface area contributed by atoms with Crippen molar-refractivity contribution in [2.45, 2.75) is 42.6 Å². The zero-order chi connectivity index (χ0) is 17.5. The van der Waals surface area contributed by atoms with Crippen LogP contribution in [-0.4, -0.2) is 20.9 Å². The molecule has 1 aromatic carbocycles. The second-order valence-corrected chi connectivity index (χ2v) is 7.16. The Morgan fingerprint density at radius 3 is 2.57 bits per heavy atom. The third-order valence-corrected chi connectivity index (χ3v) is 3.50. The normalized spacial score (nSPS) is 12.5. The fourth-order valence-electron chi connectivity index (χ4n) is 1.77. The summed E-state index contributed by atoms with van der Waals surface area (Å²) in [5.74, 6) is -0.448. The molecule has 0 spiro atoms. The number of alkyl halides is 3. The van der Waals surface area contributed by atoms with Gasteiger partial charge in [0.15, 0.2) is 5.75 Å². The first-order valence-electron chi connectivity index (χ1n) is 7.02. The van der Waals surface area contributed by atoms with Gasteiger partial charge >= 0.3 is 5.69 Å². The van der Waals surface area contributed by atoms with Gasteiger partial charge in [-0.25, -0.2) is 0 Å². The Hall–Kier alpha value is -1.24. The van der Waals surface area contributed by atoms with E-state index in [-0.39, 0.29) is 23.8 Å². The second-order valence-electron chi connectivity index (χ2n) is 4.79. The van der Waals surface area contributed by atoms with Crippen LogP contribution in [0.25, 0.3) is 0 Å². The number of benzene rings is 1.